The molecule has 0 aromatic carbocycles. The molecule has 1 aliphatic rings. The third-order valence-electron chi connectivity index (χ3n) is 4.50. The van der Waals surface area contributed by atoms with Gasteiger partial charge in [0.25, 0.3) is 0 Å². The fourth-order valence-electron chi connectivity index (χ4n) is 3.34. The van der Waals surface area contributed by atoms with Gasteiger partial charge in [0.1, 0.15) is 11.5 Å². The molecule has 0 unspecified atom stereocenters. The Labute approximate surface area is 151 Å². The predicted molar refractivity (Wildman–Crippen MR) is 95.7 cm³/mol. The first-order chi connectivity index (χ1) is 11.8. The van der Waals surface area contributed by atoms with Crippen molar-refractivity contribution in [2.24, 2.45) is 0 Å². The Morgan fingerprint density at radius 2 is 2.08 bits per heavy atom. The van der Waals surface area contributed by atoms with E-state index in [0.717, 1.165) is 27.1 Å². The molecule has 25 heavy (non-hydrogen) atoms. The van der Waals surface area contributed by atoms with Crippen LogP contribution in [-0.2, 0) is 16.0 Å². The van der Waals surface area contributed by atoms with Crippen molar-refractivity contribution >= 4 is 23.2 Å². The summed E-state index contributed by atoms with van der Waals surface area (Å²) >= 11 is 1.57. The second-order valence-corrected chi connectivity index (χ2v) is 7.87. The maximum atomic E-state index is 12.8. The van der Waals surface area contributed by atoms with Crippen molar-refractivity contribution in [1.29, 1.82) is 0 Å². The maximum absolute atomic E-state index is 12.8. The third kappa shape index (κ3) is 3.92. The van der Waals surface area contributed by atoms with E-state index in [2.05, 4.69) is 10.3 Å². The lowest BCUT2D eigenvalue weighted by atomic mass is 10.0. The van der Waals surface area contributed by atoms with Crippen LogP contribution in [0.5, 0.6) is 0 Å². The van der Waals surface area contributed by atoms with Crippen molar-refractivity contribution < 1.29 is 14.0 Å². The molecule has 2 amide bonds. The van der Waals surface area contributed by atoms with E-state index >= 15 is 0 Å². The van der Waals surface area contributed by atoms with Gasteiger partial charge in [0, 0.05) is 24.9 Å². The van der Waals surface area contributed by atoms with Gasteiger partial charge in [-0.1, -0.05) is 0 Å². The molecule has 0 aliphatic carbocycles. The molecule has 7 heteroatoms. The van der Waals surface area contributed by atoms with E-state index in [0.29, 0.717) is 19.5 Å². The Kier molecular flexibility index (Phi) is 4.94. The van der Waals surface area contributed by atoms with Gasteiger partial charge < -0.3 is 14.6 Å². The van der Waals surface area contributed by atoms with Crippen LogP contribution >= 0.6 is 11.3 Å². The second kappa shape index (κ2) is 7.00. The van der Waals surface area contributed by atoms with Crippen LogP contribution < -0.4 is 5.32 Å². The molecule has 2 atom stereocenters. The Balaban J connectivity index is 1.75. The molecule has 3 heterocycles. The molecular weight excluding hydrogens is 338 g/mol. The molecule has 134 valence electrons. The molecule has 6 nitrogen and oxygen atoms in total. The van der Waals surface area contributed by atoms with Gasteiger partial charge in [-0.05, 0) is 32.9 Å². The Bertz CT molecular complexity index is 795. The third-order valence-corrected chi connectivity index (χ3v) is 5.57. The van der Waals surface area contributed by atoms with E-state index in [1.165, 1.54) is 6.92 Å². The van der Waals surface area contributed by atoms with Crippen molar-refractivity contribution in [2.45, 2.75) is 46.1 Å². The number of aromatic nitrogens is 1. The topological polar surface area (TPSA) is 75.4 Å². The molecule has 1 fully saturated rings. The highest BCUT2D eigenvalue weighted by molar-refractivity contribution is 7.11. The number of carbonyl (C=O) groups excluding carboxylic acids is 2. The van der Waals surface area contributed by atoms with Crippen molar-refractivity contribution in [3.63, 3.8) is 0 Å². The van der Waals surface area contributed by atoms with Crippen LogP contribution in [0, 0.1) is 20.8 Å². The Morgan fingerprint density at radius 1 is 1.32 bits per heavy atom. The van der Waals surface area contributed by atoms with Gasteiger partial charge in [0.2, 0.25) is 11.8 Å². The molecule has 1 N–H and O–H groups in total. The lowest BCUT2D eigenvalue weighted by Gasteiger charge is -2.17. The van der Waals surface area contributed by atoms with Crippen LogP contribution in [0.3, 0.4) is 0 Å². The zero-order valence-corrected chi connectivity index (χ0v) is 15.8. The fourth-order valence-corrected chi connectivity index (χ4v) is 4.27. The molecule has 0 radical (unpaired) electrons. The highest BCUT2D eigenvalue weighted by atomic mass is 32.1. The van der Waals surface area contributed by atoms with Crippen molar-refractivity contribution in [3.05, 3.63) is 39.2 Å². The van der Waals surface area contributed by atoms with Gasteiger partial charge in [-0.25, -0.2) is 4.98 Å². The lowest BCUT2D eigenvalue weighted by molar-refractivity contribution is -0.129. The number of likely N-dealkylation sites (tertiary alicyclic amines) is 1. The van der Waals surface area contributed by atoms with Gasteiger partial charge in [0.15, 0.2) is 0 Å². The van der Waals surface area contributed by atoms with Crippen LogP contribution in [0.15, 0.2) is 16.5 Å². The number of carbonyl (C=O) groups is 2. The standard InChI is InChI=1S/C18H23N3O3S/c1-10-5-6-16(24-10)14-8-21(9-15(14)20-12(3)22)18(23)7-17-11(2)19-13(4)25-17/h5-6,14-15H,7-9H2,1-4H3,(H,20,22)/t14-,15-/m1/s1. The zero-order chi connectivity index (χ0) is 18.1. The summed E-state index contributed by atoms with van der Waals surface area (Å²) in [4.78, 5) is 31.5. The molecule has 2 aromatic heterocycles. The fraction of sp³-hybridized carbons (Fsp3) is 0.500. The van der Waals surface area contributed by atoms with E-state index in [9.17, 15) is 9.59 Å². The normalized spacial score (nSPS) is 20.1. The minimum atomic E-state index is -0.128. The number of rotatable bonds is 4. The summed E-state index contributed by atoms with van der Waals surface area (Å²) in [6.45, 7) is 8.32. The first-order valence-electron chi connectivity index (χ1n) is 8.37. The number of thiazole rings is 1. The average molecular weight is 361 g/mol. The Hall–Kier alpha value is -2.15. The number of aryl methyl sites for hydroxylation is 3. The number of nitrogens with zero attached hydrogens (tertiary/aromatic N) is 2. The zero-order valence-electron chi connectivity index (χ0n) is 15.0. The SMILES string of the molecule is CC(=O)N[C@@H]1CN(C(=O)Cc2sc(C)nc2C)C[C@H]1c1ccc(C)o1. The number of amides is 2. The molecule has 1 saturated heterocycles. The number of hydrogen-bond donors (Lipinski definition) is 1. The van der Waals surface area contributed by atoms with Gasteiger partial charge in [-0.3, -0.25) is 9.59 Å². The quantitative estimate of drug-likeness (QED) is 0.907. The van der Waals surface area contributed by atoms with Crippen molar-refractivity contribution in [2.75, 3.05) is 13.1 Å². The van der Waals surface area contributed by atoms with E-state index in [1.54, 1.807) is 11.3 Å². The molecule has 0 saturated carbocycles. The van der Waals surface area contributed by atoms with E-state index in [4.69, 9.17) is 4.42 Å². The molecule has 0 spiro atoms. The molecule has 0 bridgehead atoms. The lowest BCUT2D eigenvalue weighted by Crippen LogP contribution is -2.39. The number of furan rings is 1. The Morgan fingerprint density at radius 3 is 2.64 bits per heavy atom. The minimum Gasteiger partial charge on any atom is -0.466 e. The first-order valence-corrected chi connectivity index (χ1v) is 9.19. The maximum Gasteiger partial charge on any atom is 0.227 e. The smallest absolute Gasteiger partial charge is 0.227 e. The van der Waals surface area contributed by atoms with Crippen LogP contribution in [-0.4, -0.2) is 40.8 Å². The van der Waals surface area contributed by atoms with Crippen LogP contribution in [0.2, 0.25) is 0 Å². The molecule has 1 aliphatic heterocycles. The summed E-state index contributed by atoms with van der Waals surface area (Å²) in [5.74, 6) is 1.59. The molecule has 3 rings (SSSR count). The highest BCUT2D eigenvalue weighted by Crippen LogP contribution is 2.30. The summed E-state index contributed by atoms with van der Waals surface area (Å²) < 4.78 is 5.75. The molecular formula is C18H23N3O3S. The number of nitrogens with one attached hydrogen (secondary N) is 1. The van der Waals surface area contributed by atoms with Crippen molar-refractivity contribution in [1.82, 2.24) is 15.2 Å². The monoisotopic (exact) mass is 361 g/mol. The second-order valence-electron chi connectivity index (χ2n) is 6.58. The summed E-state index contributed by atoms with van der Waals surface area (Å²) in [6.07, 6.45) is 0.355. The van der Waals surface area contributed by atoms with Crippen LogP contribution in [0.4, 0.5) is 0 Å². The summed E-state index contributed by atoms with van der Waals surface area (Å²) in [5.41, 5.74) is 0.923. The highest BCUT2D eigenvalue weighted by Gasteiger charge is 2.38. The van der Waals surface area contributed by atoms with Gasteiger partial charge in [-0.2, -0.15) is 0 Å². The van der Waals surface area contributed by atoms with Crippen molar-refractivity contribution in [3.8, 4) is 0 Å². The predicted octanol–water partition coefficient (Wildman–Crippen LogP) is 2.33. The largest absolute Gasteiger partial charge is 0.466 e. The molecule has 2 aromatic rings. The number of hydrogen-bond acceptors (Lipinski definition) is 5. The average Bonchev–Trinajstić information content (AvgIpc) is 3.19. The van der Waals surface area contributed by atoms with Crippen LogP contribution in [0.1, 0.15) is 39.9 Å². The summed E-state index contributed by atoms with van der Waals surface area (Å²) in [7, 11) is 0. The summed E-state index contributed by atoms with van der Waals surface area (Å²) in [6, 6.07) is 3.71. The summed E-state index contributed by atoms with van der Waals surface area (Å²) in [5, 5.41) is 3.94. The minimum absolute atomic E-state index is 0.0224. The van der Waals surface area contributed by atoms with Gasteiger partial charge in [0.05, 0.1) is 29.1 Å². The van der Waals surface area contributed by atoms with E-state index in [-0.39, 0.29) is 23.8 Å². The van der Waals surface area contributed by atoms with Gasteiger partial charge >= 0.3 is 0 Å². The first kappa shape index (κ1) is 17.7. The van der Waals surface area contributed by atoms with E-state index in [1.807, 2.05) is 37.8 Å². The van der Waals surface area contributed by atoms with Gasteiger partial charge in [-0.15, -0.1) is 11.3 Å². The van der Waals surface area contributed by atoms with Crippen LogP contribution in [0.25, 0.3) is 0 Å². The van der Waals surface area contributed by atoms with E-state index < -0.39 is 0 Å².